The molecule has 5 nitrogen and oxygen atoms in total. The number of primary amides is 1. The van der Waals surface area contributed by atoms with Crippen LogP contribution in [-0.4, -0.2) is 24.4 Å². The molecule has 1 aliphatic heterocycles. The van der Waals surface area contributed by atoms with Crippen molar-refractivity contribution in [3.63, 3.8) is 0 Å². The number of amides is 2. The molecular formula is C14H19N3O2. The first kappa shape index (κ1) is 13.5. The lowest BCUT2D eigenvalue weighted by Crippen LogP contribution is -2.27. The molecule has 2 amide bonds. The van der Waals surface area contributed by atoms with Crippen LogP contribution in [-0.2, 0) is 4.79 Å². The van der Waals surface area contributed by atoms with Crippen molar-refractivity contribution in [2.24, 2.45) is 5.73 Å². The molecule has 0 aromatic heterocycles. The number of benzene rings is 1. The van der Waals surface area contributed by atoms with Crippen molar-refractivity contribution in [3.8, 4) is 0 Å². The number of nitrogens with two attached hydrogens (primary N) is 1. The average molecular weight is 261 g/mol. The summed E-state index contributed by atoms with van der Waals surface area (Å²) in [6.45, 7) is 2.83. The van der Waals surface area contributed by atoms with Crippen molar-refractivity contribution in [1.82, 2.24) is 5.32 Å². The number of hydrogen-bond acceptors (Lipinski definition) is 3. The Morgan fingerprint density at radius 2 is 2.26 bits per heavy atom. The summed E-state index contributed by atoms with van der Waals surface area (Å²) in [5, 5.41) is 6.16. The molecule has 0 saturated carbocycles. The fourth-order valence-corrected chi connectivity index (χ4v) is 2.31. The normalized spacial score (nSPS) is 18.3. The molecule has 5 heteroatoms. The van der Waals surface area contributed by atoms with E-state index in [0.717, 1.165) is 30.6 Å². The number of anilines is 1. The fraction of sp³-hybridized carbons (Fsp3) is 0.429. The second-order valence-corrected chi connectivity index (χ2v) is 4.94. The minimum atomic E-state index is -0.462. The summed E-state index contributed by atoms with van der Waals surface area (Å²) in [5.41, 5.74) is 7.23. The van der Waals surface area contributed by atoms with Gasteiger partial charge in [0.2, 0.25) is 11.8 Å². The lowest BCUT2D eigenvalue weighted by molar-refractivity contribution is -0.116. The number of aryl methyl sites for hydroxylation is 1. The summed E-state index contributed by atoms with van der Waals surface area (Å²) in [4.78, 5) is 22.9. The molecule has 1 fully saturated rings. The Labute approximate surface area is 112 Å². The van der Waals surface area contributed by atoms with E-state index in [2.05, 4.69) is 10.6 Å². The predicted octanol–water partition coefficient (Wildman–Crippen LogP) is 1.17. The summed E-state index contributed by atoms with van der Waals surface area (Å²) in [5.74, 6) is -0.467. The Morgan fingerprint density at radius 3 is 2.84 bits per heavy atom. The van der Waals surface area contributed by atoms with Crippen LogP contribution in [0.15, 0.2) is 18.2 Å². The van der Waals surface area contributed by atoms with Gasteiger partial charge in [-0.15, -0.1) is 0 Å². The van der Waals surface area contributed by atoms with E-state index in [-0.39, 0.29) is 11.9 Å². The smallest absolute Gasteiger partial charge is 0.248 e. The zero-order chi connectivity index (χ0) is 13.8. The van der Waals surface area contributed by atoms with Crippen LogP contribution in [0.4, 0.5) is 5.69 Å². The Balaban J connectivity index is 1.98. The van der Waals surface area contributed by atoms with Crippen LogP contribution in [0.3, 0.4) is 0 Å². The van der Waals surface area contributed by atoms with Gasteiger partial charge in [-0.1, -0.05) is 0 Å². The van der Waals surface area contributed by atoms with Gasteiger partial charge in [0, 0.05) is 23.7 Å². The molecule has 0 bridgehead atoms. The third kappa shape index (κ3) is 3.54. The molecule has 1 heterocycles. The van der Waals surface area contributed by atoms with Crippen molar-refractivity contribution in [2.45, 2.75) is 32.2 Å². The Kier molecular flexibility index (Phi) is 4.16. The topological polar surface area (TPSA) is 84.2 Å². The van der Waals surface area contributed by atoms with Gasteiger partial charge < -0.3 is 16.4 Å². The molecule has 1 saturated heterocycles. The maximum atomic E-state index is 11.9. The van der Waals surface area contributed by atoms with Crippen LogP contribution < -0.4 is 16.4 Å². The van der Waals surface area contributed by atoms with Gasteiger partial charge in [-0.25, -0.2) is 0 Å². The van der Waals surface area contributed by atoms with Crippen LogP contribution >= 0.6 is 0 Å². The summed E-state index contributed by atoms with van der Waals surface area (Å²) in [7, 11) is 0. The van der Waals surface area contributed by atoms with Crippen LogP contribution in [0.2, 0.25) is 0 Å². The molecule has 0 spiro atoms. The SMILES string of the molecule is Cc1cc(C(N)=O)ccc1NC(=O)CC1CCCN1. The highest BCUT2D eigenvalue weighted by Crippen LogP contribution is 2.17. The van der Waals surface area contributed by atoms with Crippen molar-refractivity contribution in [3.05, 3.63) is 29.3 Å². The first-order chi connectivity index (χ1) is 9.06. The molecular weight excluding hydrogens is 242 g/mol. The first-order valence-electron chi connectivity index (χ1n) is 6.50. The molecule has 102 valence electrons. The highest BCUT2D eigenvalue weighted by molar-refractivity contribution is 5.95. The van der Waals surface area contributed by atoms with Crippen LogP contribution in [0, 0.1) is 6.92 Å². The van der Waals surface area contributed by atoms with E-state index in [0.29, 0.717) is 12.0 Å². The van der Waals surface area contributed by atoms with E-state index in [1.807, 2.05) is 6.92 Å². The Morgan fingerprint density at radius 1 is 1.47 bits per heavy atom. The lowest BCUT2D eigenvalue weighted by atomic mass is 10.1. The molecule has 1 atom stereocenters. The molecule has 1 aromatic carbocycles. The molecule has 0 aliphatic carbocycles. The fourth-order valence-electron chi connectivity index (χ4n) is 2.31. The summed E-state index contributed by atoms with van der Waals surface area (Å²) in [6, 6.07) is 5.31. The van der Waals surface area contributed by atoms with Gasteiger partial charge in [-0.2, -0.15) is 0 Å². The van der Waals surface area contributed by atoms with E-state index in [9.17, 15) is 9.59 Å². The maximum absolute atomic E-state index is 11.9. The number of hydrogen-bond donors (Lipinski definition) is 3. The number of carbonyl (C=O) groups is 2. The van der Waals surface area contributed by atoms with Gasteiger partial charge in [0.15, 0.2) is 0 Å². The minimum Gasteiger partial charge on any atom is -0.366 e. The molecule has 4 N–H and O–H groups in total. The molecule has 1 aliphatic rings. The maximum Gasteiger partial charge on any atom is 0.248 e. The molecule has 19 heavy (non-hydrogen) atoms. The van der Waals surface area contributed by atoms with E-state index in [1.165, 1.54) is 0 Å². The molecule has 0 radical (unpaired) electrons. The van der Waals surface area contributed by atoms with Crippen LogP contribution in [0.5, 0.6) is 0 Å². The highest BCUT2D eigenvalue weighted by atomic mass is 16.2. The van der Waals surface area contributed by atoms with Gasteiger partial charge in [-0.3, -0.25) is 9.59 Å². The zero-order valence-electron chi connectivity index (χ0n) is 11.0. The van der Waals surface area contributed by atoms with E-state index in [4.69, 9.17) is 5.73 Å². The largest absolute Gasteiger partial charge is 0.366 e. The van der Waals surface area contributed by atoms with Crippen molar-refractivity contribution in [2.75, 3.05) is 11.9 Å². The van der Waals surface area contributed by atoms with E-state index in [1.54, 1.807) is 18.2 Å². The van der Waals surface area contributed by atoms with Gasteiger partial charge >= 0.3 is 0 Å². The third-order valence-corrected chi connectivity index (χ3v) is 3.38. The summed E-state index contributed by atoms with van der Waals surface area (Å²) >= 11 is 0. The average Bonchev–Trinajstić information content (AvgIpc) is 2.84. The van der Waals surface area contributed by atoms with E-state index < -0.39 is 5.91 Å². The number of carbonyl (C=O) groups excluding carboxylic acids is 2. The quantitative estimate of drug-likeness (QED) is 0.760. The highest BCUT2D eigenvalue weighted by Gasteiger charge is 2.18. The first-order valence-corrected chi connectivity index (χ1v) is 6.50. The van der Waals surface area contributed by atoms with Crippen molar-refractivity contribution in [1.29, 1.82) is 0 Å². The van der Waals surface area contributed by atoms with Gasteiger partial charge in [0.05, 0.1) is 0 Å². The summed E-state index contributed by atoms with van der Waals surface area (Å²) in [6.07, 6.45) is 2.66. The Bertz CT molecular complexity index is 493. The predicted molar refractivity (Wildman–Crippen MR) is 74.0 cm³/mol. The second kappa shape index (κ2) is 5.84. The number of rotatable bonds is 4. The lowest BCUT2D eigenvalue weighted by Gasteiger charge is -2.12. The molecule has 2 rings (SSSR count). The zero-order valence-corrected chi connectivity index (χ0v) is 11.0. The Hall–Kier alpha value is -1.88. The molecule has 1 unspecified atom stereocenters. The third-order valence-electron chi connectivity index (χ3n) is 3.38. The number of nitrogens with one attached hydrogen (secondary N) is 2. The van der Waals surface area contributed by atoms with Crippen molar-refractivity contribution >= 4 is 17.5 Å². The van der Waals surface area contributed by atoms with E-state index >= 15 is 0 Å². The van der Waals surface area contributed by atoms with Crippen LogP contribution in [0.1, 0.15) is 35.2 Å². The summed E-state index contributed by atoms with van der Waals surface area (Å²) < 4.78 is 0. The van der Waals surface area contributed by atoms with Gasteiger partial charge in [-0.05, 0) is 50.1 Å². The van der Waals surface area contributed by atoms with Gasteiger partial charge in [0.25, 0.3) is 0 Å². The minimum absolute atomic E-state index is 0.00525. The van der Waals surface area contributed by atoms with Gasteiger partial charge in [0.1, 0.15) is 0 Å². The molecule has 1 aromatic rings. The van der Waals surface area contributed by atoms with Crippen molar-refractivity contribution < 1.29 is 9.59 Å². The standard InChI is InChI=1S/C14H19N3O2/c1-9-7-10(14(15)19)4-5-12(9)17-13(18)8-11-3-2-6-16-11/h4-5,7,11,16H,2-3,6,8H2,1H3,(H2,15,19)(H,17,18). The van der Waals surface area contributed by atoms with Crippen LogP contribution in [0.25, 0.3) is 0 Å². The second-order valence-electron chi connectivity index (χ2n) is 4.94. The monoisotopic (exact) mass is 261 g/mol.